The van der Waals surface area contributed by atoms with Gasteiger partial charge in [0.2, 0.25) is 0 Å². The highest BCUT2D eigenvalue weighted by Gasteiger charge is 2.37. The third-order valence-corrected chi connectivity index (χ3v) is 5.46. The maximum Gasteiger partial charge on any atom is 0.269 e. The largest absolute Gasteiger partial charge is 0.457 e. The highest BCUT2D eigenvalue weighted by Crippen LogP contribution is 2.32. The number of rotatable bonds is 5. The molecule has 4 rings (SSSR count). The molecule has 2 unspecified atom stereocenters. The van der Waals surface area contributed by atoms with Gasteiger partial charge in [0.25, 0.3) is 5.91 Å². The number of amides is 1. The minimum atomic E-state index is -0.353. The number of H-pyrrole nitrogens is 1. The number of nitrogens with one attached hydrogen (secondary N) is 2. The van der Waals surface area contributed by atoms with Gasteiger partial charge < -0.3 is 15.0 Å². The lowest BCUT2D eigenvalue weighted by molar-refractivity contribution is 0.0918. The fourth-order valence-electron chi connectivity index (χ4n) is 3.75. The van der Waals surface area contributed by atoms with Gasteiger partial charge in [-0.1, -0.05) is 6.92 Å². The molecule has 2 aromatic heterocycles. The molecule has 0 aliphatic carbocycles. The van der Waals surface area contributed by atoms with Gasteiger partial charge >= 0.3 is 0 Å². The van der Waals surface area contributed by atoms with Crippen molar-refractivity contribution < 1.29 is 13.9 Å². The number of nitrogens with zero attached hydrogens (tertiary/aromatic N) is 4. The monoisotopic (exact) mass is 420 g/mol. The van der Waals surface area contributed by atoms with E-state index in [-0.39, 0.29) is 29.7 Å². The van der Waals surface area contributed by atoms with Crippen LogP contribution in [0.15, 0.2) is 48.8 Å². The van der Waals surface area contributed by atoms with Gasteiger partial charge in [0.15, 0.2) is 6.19 Å². The van der Waals surface area contributed by atoms with Crippen molar-refractivity contribution in [2.75, 3.05) is 6.54 Å². The number of aromatic amines is 1. The van der Waals surface area contributed by atoms with Gasteiger partial charge in [0.1, 0.15) is 23.0 Å². The minimum absolute atomic E-state index is 0.0830. The molecule has 1 saturated heterocycles. The molecule has 0 saturated carbocycles. The molecule has 1 aliphatic rings. The van der Waals surface area contributed by atoms with Crippen molar-refractivity contribution in [3.63, 3.8) is 0 Å². The molecule has 9 heteroatoms. The number of likely N-dealkylation sites (tertiary alicyclic amines) is 1. The summed E-state index contributed by atoms with van der Waals surface area (Å²) in [5.41, 5.74) is 1.36. The second kappa shape index (κ2) is 8.44. The van der Waals surface area contributed by atoms with E-state index in [0.29, 0.717) is 35.0 Å². The Balaban J connectivity index is 1.52. The fraction of sp³-hybridized carbons (Fsp3) is 0.273. The van der Waals surface area contributed by atoms with E-state index in [1.165, 1.54) is 24.3 Å². The molecule has 1 fully saturated rings. The number of aromatic nitrogens is 3. The normalized spacial score (nSPS) is 20.3. The quantitative estimate of drug-likeness (QED) is 0.613. The van der Waals surface area contributed by atoms with Crippen LogP contribution in [-0.2, 0) is 0 Å². The third-order valence-electron chi connectivity index (χ3n) is 5.46. The predicted octanol–water partition coefficient (Wildman–Crippen LogP) is 3.32. The molecule has 1 aliphatic heterocycles. The van der Waals surface area contributed by atoms with Gasteiger partial charge in [-0.3, -0.25) is 14.9 Å². The number of pyridine rings is 1. The summed E-state index contributed by atoms with van der Waals surface area (Å²) in [7, 11) is 0. The van der Waals surface area contributed by atoms with E-state index in [1.807, 2.05) is 13.8 Å². The third kappa shape index (κ3) is 4.19. The maximum atomic E-state index is 13.1. The van der Waals surface area contributed by atoms with E-state index in [1.54, 1.807) is 29.4 Å². The highest BCUT2D eigenvalue weighted by molar-refractivity contribution is 5.93. The number of ether oxygens (including phenoxy) is 1. The maximum absolute atomic E-state index is 13.1. The summed E-state index contributed by atoms with van der Waals surface area (Å²) in [5.74, 6) is 0.438. The zero-order valence-electron chi connectivity index (χ0n) is 17.0. The molecule has 3 aromatic rings. The first-order chi connectivity index (χ1) is 15.0. The van der Waals surface area contributed by atoms with E-state index in [2.05, 4.69) is 26.7 Å². The van der Waals surface area contributed by atoms with Crippen LogP contribution in [-0.4, -0.2) is 44.6 Å². The lowest BCUT2D eigenvalue weighted by Gasteiger charge is -2.21. The average Bonchev–Trinajstić information content (AvgIpc) is 3.36. The number of halogens is 1. The van der Waals surface area contributed by atoms with Crippen molar-refractivity contribution in [1.29, 1.82) is 5.26 Å². The number of carbonyl (C=O) groups excluding carboxylic acids is 1. The lowest BCUT2D eigenvalue weighted by atomic mass is 10.0. The smallest absolute Gasteiger partial charge is 0.269 e. The van der Waals surface area contributed by atoms with Crippen LogP contribution in [0.4, 0.5) is 4.39 Å². The molecule has 0 bridgehead atoms. The fourth-order valence-corrected chi connectivity index (χ4v) is 3.75. The Kier molecular flexibility index (Phi) is 5.54. The summed E-state index contributed by atoms with van der Waals surface area (Å²) in [6, 6.07) is 8.74. The SMILES string of the molecule is CC1CN(C#N)C(C)[C@@H]1NC(=O)c1cc(-c2cnccc2Oc2ccc(F)cc2)n[nH]1. The summed E-state index contributed by atoms with van der Waals surface area (Å²) in [5, 5.41) is 19.2. The summed E-state index contributed by atoms with van der Waals surface area (Å²) >= 11 is 0. The van der Waals surface area contributed by atoms with Crippen molar-refractivity contribution in [2.24, 2.45) is 5.92 Å². The van der Waals surface area contributed by atoms with E-state index in [9.17, 15) is 14.4 Å². The van der Waals surface area contributed by atoms with Crippen LogP contribution in [0.3, 0.4) is 0 Å². The molecule has 8 nitrogen and oxygen atoms in total. The molecular formula is C22H21FN6O2. The molecule has 3 heterocycles. The van der Waals surface area contributed by atoms with E-state index < -0.39 is 0 Å². The number of carbonyl (C=O) groups is 1. The lowest BCUT2D eigenvalue weighted by Crippen LogP contribution is -2.44. The molecular weight excluding hydrogens is 399 g/mol. The molecule has 1 amide bonds. The van der Waals surface area contributed by atoms with Crippen molar-refractivity contribution >= 4 is 5.91 Å². The van der Waals surface area contributed by atoms with Gasteiger partial charge in [0, 0.05) is 18.9 Å². The van der Waals surface area contributed by atoms with Crippen LogP contribution in [0.2, 0.25) is 0 Å². The van der Waals surface area contributed by atoms with Gasteiger partial charge in [-0.25, -0.2) is 4.39 Å². The number of hydrogen-bond acceptors (Lipinski definition) is 6. The predicted molar refractivity (Wildman–Crippen MR) is 110 cm³/mol. The molecule has 158 valence electrons. The molecule has 0 radical (unpaired) electrons. The summed E-state index contributed by atoms with van der Waals surface area (Å²) in [4.78, 5) is 18.6. The van der Waals surface area contributed by atoms with Crippen molar-refractivity contribution in [2.45, 2.75) is 25.9 Å². The van der Waals surface area contributed by atoms with Crippen LogP contribution < -0.4 is 10.1 Å². The van der Waals surface area contributed by atoms with Crippen LogP contribution in [0.25, 0.3) is 11.3 Å². The van der Waals surface area contributed by atoms with Crippen molar-refractivity contribution in [3.8, 4) is 28.9 Å². The van der Waals surface area contributed by atoms with Gasteiger partial charge in [-0.15, -0.1) is 0 Å². The number of nitriles is 1. The van der Waals surface area contributed by atoms with Gasteiger partial charge in [-0.05, 0) is 49.2 Å². The first kappa shape index (κ1) is 20.3. The topological polar surface area (TPSA) is 107 Å². The van der Waals surface area contributed by atoms with Crippen molar-refractivity contribution in [3.05, 3.63) is 60.3 Å². The average molecular weight is 420 g/mol. The Morgan fingerprint density at radius 3 is 2.81 bits per heavy atom. The second-order valence-electron chi connectivity index (χ2n) is 7.56. The van der Waals surface area contributed by atoms with Gasteiger partial charge in [-0.2, -0.15) is 10.4 Å². The molecule has 3 atom stereocenters. The van der Waals surface area contributed by atoms with E-state index in [0.717, 1.165) is 0 Å². The minimum Gasteiger partial charge on any atom is -0.457 e. The Hall–Kier alpha value is -3.93. The highest BCUT2D eigenvalue weighted by atomic mass is 19.1. The Labute approximate surface area is 178 Å². The zero-order valence-corrected chi connectivity index (χ0v) is 17.0. The van der Waals surface area contributed by atoms with Crippen LogP contribution in [0.1, 0.15) is 24.3 Å². The first-order valence-electron chi connectivity index (χ1n) is 9.86. The summed E-state index contributed by atoms with van der Waals surface area (Å²) in [6.45, 7) is 4.53. The van der Waals surface area contributed by atoms with Crippen LogP contribution >= 0.6 is 0 Å². The number of benzene rings is 1. The Morgan fingerprint density at radius 2 is 2.10 bits per heavy atom. The van der Waals surface area contributed by atoms with Crippen LogP contribution in [0, 0.1) is 23.2 Å². The standard InChI is InChI=1S/C22H21FN6O2/c1-13-11-29(12-24)14(2)21(13)26-22(30)19-9-18(27-28-19)17-10-25-8-7-20(17)31-16-5-3-15(23)4-6-16/h3-10,13-14,21H,11H2,1-2H3,(H,26,30)(H,27,28)/t13?,14?,21-/m1/s1. The van der Waals surface area contributed by atoms with Gasteiger partial charge in [0.05, 0.1) is 23.3 Å². The zero-order chi connectivity index (χ0) is 22.0. The molecule has 0 spiro atoms. The number of hydrogen-bond donors (Lipinski definition) is 2. The second-order valence-corrected chi connectivity index (χ2v) is 7.56. The summed E-state index contributed by atoms with van der Waals surface area (Å²) < 4.78 is 19.0. The first-order valence-corrected chi connectivity index (χ1v) is 9.86. The van der Waals surface area contributed by atoms with Crippen LogP contribution in [0.5, 0.6) is 11.5 Å². The molecule has 1 aromatic carbocycles. The molecule has 2 N–H and O–H groups in total. The van der Waals surface area contributed by atoms with Crippen molar-refractivity contribution in [1.82, 2.24) is 25.4 Å². The molecule has 31 heavy (non-hydrogen) atoms. The van der Waals surface area contributed by atoms with E-state index >= 15 is 0 Å². The van der Waals surface area contributed by atoms with E-state index in [4.69, 9.17) is 4.74 Å². The Bertz CT molecular complexity index is 1120. The Morgan fingerprint density at radius 1 is 1.32 bits per heavy atom. The summed E-state index contributed by atoms with van der Waals surface area (Å²) in [6.07, 6.45) is 5.32.